The van der Waals surface area contributed by atoms with Crippen LogP contribution in [0.1, 0.15) is 20.7 Å². The molecule has 0 bridgehead atoms. The van der Waals surface area contributed by atoms with Crippen molar-refractivity contribution in [3.05, 3.63) is 62.0 Å². The number of rotatable bonds is 2. The molecule has 0 N–H and O–H groups in total. The summed E-state index contributed by atoms with van der Waals surface area (Å²) < 4.78 is 0. The quantitative estimate of drug-likeness (QED) is 0.446. The molecular formula is C10H4N6O2. The first-order valence-corrected chi connectivity index (χ1v) is 4.73. The molecule has 86 valence electrons. The van der Waals surface area contributed by atoms with E-state index in [2.05, 4.69) is 20.1 Å². The molecular weight excluding hydrogens is 236 g/mol. The Balaban J connectivity index is 2.71. The van der Waals surface area contributed by atoms with Gasteiger partial charge in [-0.15, -0.1) is 0 Å². The molecule has 0 atom stereocenters. The van der Waals surface area contributed by atoms with E-state index in [0.717, 1.165) is 6.08 Å². The van der Waals surface area contributed by atoms with Gasteiger partial charge in [-0.1, -0.05) is 28.4 Å². The molecule has 0 saturated heterocycles. The Morgan fingerprint density at radius 2 is 1.78 bits per heavy atom. The van der Waals surface area contributed by atoms with Crippen molar-refractivity contribution in [3.63, 3.8) is 0 Å². The largest absolute Gasteiger partial charge is 0.289 e. The first kappa shape index (κ1) is 11.4. The lowest BCUT2D eigenvalue weighted by Crippen LogP contribution is -2.15. The first-order valence-electron chi connectivity index (χ1n) is 4.73. The zero-order valence-corrected chi connectivity index (χ0v) is 8.81. The van der Waals surface area contributed by atoms with Crippen molar-refractivity contribution in [1.82, 2.24) is 0 Å². The number of hydrogen-bond acceptors (Lipinski definition) is 4. The number of carbonyl (C=O) groups is 2. The van der Waals surface area contributed by atoms with Crippen molar-refractivity contribution in [3.8, 4) is 0 Å². The summed E-state index contributed by atoms with van der Waals surface area (Å²) in [6, 6.07) is 4.31. The van der Waals surface area contributed by atoms with E-state index in [4.69, 9.17) is 11.1 Å². The number of allylic oxidation sites excluding steroid dienone is 2. The predicted molar refractivity (Wildman–Crippen MR) is 61.1 cm³/mol. The molecule has 0 spiro atoms. The Hall–Kier alpha value is -3.08. The van der Waals surface area contributed by atoms with Gasteiger partial charge in [0.1, 0.15) is 0 Å². The molecule has 0 amide bonds. The Labute approximate surface area is 99.8 Å². The molecule has 18 heavy (non-hydrogen) atoms. The fourth-order valence-electron chi connectivity index (χ4n) is 1.64. The van der Waals surface area contributed by atoms with Gasteiger partial charge in [0.25, 0.3) is 0 Å². The lowest BCUT2D eigenvalue weighted by atomic mass is 9.91. The third-order valence-electron chi connectivity index (χ3n) is 2.34. The minimum atomic E-state index is -0.572. The SMILES string of the molecule is [N-]=[N+]=NC1=CC(=O)c2c(N=[N+]=[N-])cccc2C1=O. The van der Waals surface area contributed by atoms with Gasteiger partial charge >= 0.3 is 0 Å². The van der Waals surface area contributed by atoms with Crippen molar-refractivity contribution in [2.24, 2.45) is 10.2 Å². The van der Waals surface area contributed by atoms with Crippen LogP contribution in [-0.2, 0) is 0 Å². The van der Waals surface area contributed by atoms with Crippen LogP contribution in [0.3, 0.4) is 0 Å². The summed E-state index contributed by atoms with van der Waals surface area (Å²) in [6.45, 7) is 0. The van der Waals surface area contributed by atoms with Crippen molar-refractivity contribution < 1.29 is 9.59 Å². The van der Waals surface area contributed by atoms with Crippen LogP contribution in [0.5, 0.6) is 0 Å². The first-order chi connectivity index (χ1) is 8.69. The van der Waals surface area contributed by atoms with Crippen LogP contribution in [0, 0.1) is 0 Å². The summed E-state index contributed by atoms with van der Waals surface area (Å²) in [5.41, 5.74) is 16.6. The number of hydrogen-bond donors (Lipinski definition) is 0. The molecule has 1 aliphatic carbocycles. The molecule has 0 radical (unpaired) electrons. The van der Waals surface area contributed by atoms with Crippen molar-refractivity contribution in [2.45, 2.75) is 0 Å². The van der Waals surface area contributed by atoms with E-state index in [1.54, 1.807) is 0 Å². The van der Waals surface area contributed by atoms with Crippen LogP contribution in [-0.4, -0.2) is 11.6 Å². The number of Topliss-reactive ketones (excluding diaryl/α,β-unsaturated/α-hetero) is 1. The highest BCUT2D eigenvalue weighted by molar-refractivity contribution is 6.26. The number of nitrogens with zero attached hydrogens (tertiary/aromatic N) is 6. The smallest absolute Gasteiger partial charge is 0.196 e. The average Bonchev–Trinajstić information content (AvgIpc) is 2.36. The maximum atomic E-state index is 11.9. The maximum Gasteiger partial charge on any atom is 0.196 e. The number of carbonyl (C=O) groups excluding carboxylic acids is 2. The van der Waals surface area contributed by atoms with Gasteiger partial charge in [0.15, 0.2) is 11.6 Å². The average molecular weight is 240 g/mol. The molecule has 0 saturated carbocycles. The standard InChI is InChI=1S/C10H4N6O2/c11-15-13-6-3-1-2-5-9(6)8(17)4-7(10(5)18)14-16-12/h1-4H. The summed E-state index contributed by atoms with van der Waals surface area (Å²) in [5.74, 6) is -1.10. The number of ketones is 2. The third-order valence-corrected chi connectivity index (χ3v) is 2.34. The highest BCUT2D eigenvalue weighted by Crippen LogP contribution is 2.30. The van der Waals surface area contributed by atoms with E-state index < -0.39 is 11.6 Å². The fourth-order valence-corrected chi connectivity index (χ4v) is 1.64. The van der Waals surface area contributed by atoms with Crippen LogP contribution in [0.2, 0.25) is 0 Å². The van der Waals surface area contributed by atoms with Gasteiger partial charge in [0.05, 0.1) is 5.70 Å². The van der Waals surface area contributed by atoms with E-state index in [9.17, 15) is 9.59 Å². The highest BCUT2D eigenvalue weighted by atomic mass is 16.1. The molecule has 8 nitrogen and oxygen atoms in total. The van der Waals surface area contributed by atoms with Crippen LogP contribution in [0.25, 0.3) is 20.9 Å². The van der Waals surface area contributed by atoms with Crippen molar-refractivity contribution >= 4 is 17.3 Å². The lowest BCUT2D eigenvalue weighted by molar-refractivity contribution is 0.0983. The molecule has 0 unspecified atom stereocenters. The molecule has 8 heteroatoms. The lowest BCUT2D eigenvalue weighted by Gasteiger charge is -2.13. The Morgan fingerprint density at radius 3 is 2.44 bits per heavy atom. The maximum absolute atomic E-state index is 11.9. The minimum absolute atomic E-state index is 0.0252. The number of fused-ring (bicyclic) bond motifs is 1. The number of azide groups is 2. The molecule has 1 aromatic rings. The summed E-state index contributed by atoms with van der Waals surface area (Å²) in [6.07, 6.45) is 0.931. The van der Waals surface area contributed by atoms with Gasteiger partial charge < -0.3 is 0 Å². The topological polar surface area (TPSA) is 132 Å². The zero-order valence-electron chi connectivity index (χ0n) is 8.81. The molecule has 0 aromatic heterocycles. The van der Waals surface area contributed by atoms with E-state index in [1.165, 1.54) is 18.2 Å². The molecule has 1 aliphatic rings. The van der Waals surface area contributed by atoms with Crippen LogP contribution in [0.4, 0.5) is 5.69 Å². The van der Waals surface area contributed by atoms with E-state index in [0.29, 0.717) is 0 Å². The predicted octanol–water partition coefficient (Wildman–Crippen LogP) is 3.20. The minimum Gasteiger partial charge on any atom is -0.289 e. The second kappa shape index (κ2) is 4.42. The van der Waals surface area contributed by atoms with Gasteiger partial charge in [-0.3, -0.25) is 9.59 Å². The van der Waals surface area contributed by atoms with E-state index in [1.807, 2.05) is 0 Å². The van der Waals surface area contributed by atoms with Crippen LogP contribution < -0.4 is 0 Å². The highest BCUT2D eigenvalue weighted by Gasteiger charge is 2.26. The molecule has 2 rings (SSSR count). The molecule has 0 aliphatic heterocycles. The summed E-state index contributed by atoms with van der Waals surface area (Å²) >= 11 is 0. The zero-order chi connectivity index (χ0) is 13.1. The number of benzene rings is 1. The van der Waals surface area contributed by atoms with Crippen LogP contribution >= 0.6 is 0 Å². The molecule has 1 aromatic carbocycles. The third kappa shape index (κ3) is 1.69. The van der Waals surface area contributed by atoms with Gasteiger partial charge in [-0.25, -0.2) is 0 Å². The summed E-state index contributed by atoms with van der Waals surface area (Å²) in [5, 5.41) is 6.51. The van der Waals surface area contributed by atoms with E-state index in [-0.39, 0.29) is 22.5 Å². The van der Waals surface area contributed by atoms with Gasteiger partial charge in [0.2, 0.25) is 0 Å². The van der Waals surface area contributed by atoms with Gasteiger partial charge in [-0.2, -0.15) is 0 Å². The Kier molecular flexibility index (Phi) is 2.80. The molecule has 0 fully saturated rings. The van der Waals surface area contributed by atoms with Crippen molar-refractivity contribution in [2.75, 3.05) is 0 Å². The normalized spacial score (nSPS) is 13.0. The Bertz CT molecular complexity index is 692. The monoisotopic (exact) mass is 240 g/mol. The Morgan fingerprint density at radius 1 is 1.06 bits per heavy atom. The van der Waals surface area contributed by atoms with E-state index >= 15 is 0 Å². The second-order valence-electron chi connectivity index (χ2n) is 3.30. The summed E-state index contributed by atoms with van der Waals surface area (Å²) in [4.78, 5) is 28.8. The van der Waals surface area contributed by atoms with Gasteiger partial charge in [0, 0.05) is 26.6 Å². The van der Waals surface area contributed by atoms with Crippen molar-refractivity contribution in [1.29, 1.82) is 0 Å². The second-order valence-corrected chi connectivity index (χ2v) is 3.30. The fraction of sp³-hybridized carbons (Fsp3) is 0. The molecule has 0 heterocycles. The van der Waals surface area contributed by atoms with Crippen LogP contribution in [0.15, 0.2) is 40.2 Å². The van der Waals surface area contributed by atoms with Gasteiger partial charge in [-0.05, 0) is 17.1 Å². The summed E-state index contributed by atoms with van der Waals surface area (Å²) in [7, 11) is 0.